The van der Waals surface area contributed by atoms with Gasteiger partial charge >= 0.3 is 10.1 Å². The molecule has 6 nitrogen and oxygen atoms in total. The van der Waals surface area contributed by atoms with E-state index in [9.17, 15) is 8.42 Å². The summed E-state index contributed by atoms with van der Waals surface area (Å²) in [6.07, 6.45) is 2.22. The van der Waals surface area contributed by atoms with Crippen molar-refractivity contribution in [3.63, 3.8) is 0 Å². The van der Waals surface area contributed by atoms with E-state index in [2.05, 4.69) is 9.38 Å². The molecule has 62 valence electrons. The Morgan fingerprint density at radius 3 is 2.73 bits per heavy atom. The molecule has 11 heavy (non-hydrogen) atoms. The standard InChI is InChI=1S/C4H7N3O3S/c1-11(8,9)10-7-3-2-4(5)6-7/h2-3H,1H3,(H2,5,6). The van der Waals surface area contributed by atoms with E-state index in [1.807, 2.05) is 0 Å². The molecule has 0 aliphatic heterocycles. The van der Waals surface area contributed by atoms with Crippen molar-refractivity contribution >= 4 is 15.9 Å². The Hall–Kier alpha value is -1.24. The number of rotatable bonds is 2. The summed E-state index contributed by atoms with van der Waals surface area (Å²) in [5.74, 6) is 0.202. The molecule has 1 rings (SSSR count). The molecule has 0 saturated heterocycles. The van der Waals surface area contributed by atoms with E-state index in [0.717, 1.165) is 11.1 Å². The van der Waals surface area contributed by atoms with Crippen molar-refractivity contribution in [3.05, 3.63) is 12.3 Å². The lowest BCUT2D eigenvalue weighted by molar-refractivity contribution is 0.243. The van der Waals surface area contributed by atoms with E-state index >= 15 is 0 Å². The van der Waals surface area contributed by atoms with Crippen LogP contribution < -0.4 is 10.0 Å². The molecule has 0 radical (unpaired) electrons. The first-order valence-electron chi connectivity index (χ1n) is 2.68. The molecular weight excluding hydrogens is 170 g/mol. The maximum atomic E-state index is 10.5. The first-order chi connectivity index (χ1) is 4.97. The van der Waals surface area contributed by atoms with Gasteiger partial charge in [-0.1, -0.05) is 4.85 Å². The first-order valence-corrected chi connectivity index (χ1v) is 4.50. The van der Waals surface area contributed by atoms with Gasteiger partial charge in [0.1, 0.15) is 5.82 Å². The Bertz CT molecular complexity index is 341. The SMILES string of the molecule is CS(=O)(=O)On1ccc(N)n1. The van der Waals surface area contributed by atoms with Crippen molar-refractivity contribution in [2.24, 2.45) is 0 Å². The lowest BCUT2D eigenvalue weighted by Crippen LogP contribution is -2.18. The van der Waals surface area contributed by atoms with Crippen molar-refractivity contribution in [1.29, 1.82) is 0 Å². The van der Waals surface area contributed by atoms with Crippen molar-refractivity contribution in [2.45, 2.75) is 0 Å². The lowest BCUT2D eigenvalue weighted by Gasteiger charge is -1.98. The highest BCUT2D eigenvalue weighted by Crippen LogP contribution is 1.93. The van der Waals surface area contributed by atoms with Crippen LogP contribution in [-0.4, -0.2) is 24.6 Å². The molecule has 7 heteroatoms. The number of nitrogens with zero attached hydrogens (tertiary/aromatic N) is 2. The van der Waals surface area contributed by atoms with E-state index in [1.54, 1.807) is 0 Å². The van der Waals surface area contributed by atoms with Crippen molar-refractivity contribution in [1.82, 2.24) is 9.94 Å². The second-order valence-corrected chi connectivity index (χ2v) is 3.48. The zero-order valence-corrected chi connectivity index (χ0v) is 6.58. The molecule has 0 unspecified atom stereocenters. The fourth-order valence-corrected chi connectivity index (χ4v) is 0.861. The van der Waals surface area contributed by atoms with Crippen LogP contribution in [0, 0.1) is 0 Å². The Morgan fingerprint density at radius 1 is 1.73 bits per heavy atom. The molecule has 2 N–H and O–H groups in total. The number of nitrogen functional groups attached to an aromatic ring is 1. The average Bonchev–Trinajstić information content (AvgIpc) is 2.10. The predicted octanol–water partition coefficient (Wildman–Crippen LogP) is -1.15. The molecule has 0 saturated carbocycles. The van der Waals surface area contributed by atoms with Gasteiger partial charge in [0.05, 0.1) is 12.5 Å². The molecule has 0 atom stereocenters. The Balaban J connectivity index is 2.81. The van der Waals surface area contributed by atoms with Crippen LogP contribution >= 0.6 is 0 Å². The van der Waals surface area contributed by atoms with Crippen LogP contribution in [-0.2, 0) is 10.1 Å². The summed E-state index contributed by atoms with van der Waals surface area (Å²) in [5, 5.41) is 3.49. The molecule has 1 heterocycles. The molecule has 1 aromatic heterocycles. The first kappa shape index (κ1) is 7.86. The maximum absolute atomic E-state index is 10.5. The van der Waals surface area contributed by atoms with Crippen LogP contribution in [0.3, 0.4) is 0 Å². The molecule has 0 fully saturated rings. The Kier molecular flexibility index (Phi) is 1.73. The van der Waals surface area contributed by atoms with Crippen LogP contribution in [0.5, 0.6) is 0 Å². The zero-order chi connectivity index (χ0) is 8.48. The van der Waals surface area contributed by atoms with Gasteiger partial charge in [-0.3, -0.25) is 4.28 Å². The molecule has 0 bridgehead atoms. The van der Waals surface area contributed by atoms with Crippen LogP contribution in [0.15, 0.2) is 12.3 Å². The highest BCUT2D eigenvalue weighted by molar-refractivity contribution is 7.86. The highest BCUT2D eigenvalue weighted by Gasteiger charge is 2.03. The minimum absolute atomic E-state index is 0.202. The molecule has 0 aromatic carbocycles. The van der Waals surface area contributed by atoms with Crippen molar-refractivity contribution < 1.29 is 12.7 Å². The fourth-order valence-electron chi connectivity index (χ4n) is 0.501. The Labute approximate surface area is 63.6 Å². The van der Waals surface area contributed by atoms with Gasteiger partial charge in [-0.15, -0.1) is 5.10 Å². The quantitative estimate of drug-likeness (QED) is 0.616. The van der Waals surface area contributed by atoms with E-state index in [1.165, 1.54) is 12.3 Å². The third-order valence-corrected chi connectivity index (χ3v) is 1.22. The molecule has 0 aliphatic carbocycles. The normalized spacial score (nSPS) is 11.4. The van der Waals surface area contributed by atoms with Crippen molar-refractivity contribution in [3.8, 4) is 0 Å². The van der Waals surface area contributed by atoms with Gasteiger partial charge in [0.25, 0.3) is 0 Å². The number of aromatic nitrogens is 2. The van der Waals surface area contributed by atoms with E-state index in [4.69, 9.17) is 5.73 Å². The van der Waals surface area contributed by atoms with E-state index in [-0.39, 0.29) is 5.82 Å². The van der Waals surface area contributed by atoms with Gasteiger partial charge < -0.3 is 5.73 Å². The van der Waals surface area contributed by atoms with Gasteiger partial charge in [-0.25, -0.2) is 0 Å². The van der Waals surface area contributed by atoms with Crippen LogP contribution in [0.2, 0.25) is 0 Å². The van der Waals surface area contributed by atoms with Gasteiger partial charge in [-0.2, -0.15) is 8.42 Å². The zero-order valence-electron chi connectivity index (χ0n) is 5.76. The average molecular weight is 177 g/mol. The summed E-state index contributed by atoms with van der Waals surface area (Å²) in [6.45, 7) is 0. The van der Waals surface area contributed by atoms with E-state index in [0.29, 0.717) is 0 Å². The number of hydrogen-bond donors (Lipinski definition) is 1. The second-order valence-electron chi connectivity index (χ2n) is 1.92. The predicted molar refractivity (Wildman–Crippen MR) is 38.1 cm³/mol. The van der Waals surface area contributed by atoms with E-state index < -0.39 is 10.1 Å². The highest BCUT2D eigenvalue weighted by atomic mass is 32.2. The van der Waals surface area contributed by atoms with Crippen LogP contribution in [0.25, 0.3) is 0 Å². The van der Waals surface area contributed by atoms with Gasteiger partial charge in [0.15, 0.2) is 0 Å². The van der Waals surface area contributed by atoms with Gasteiger partial charge in [0.2, 0.25) is 0 Å². The van der Waals surface area contributed by atoms with Gasteiger partial charge in [0, 0.05) is 6.07 Å². The summed E-state index contributed by atoms with van der Waals surface area (Å²) in [5.41, 5.74) is 5.19. The van der Waals surface area contributed by atoms with Crippen molar-refractivity contribution in [2.75, 3.05) is 12.0 Å². The summed E-state index contributed by atoms with van der Waals surface area (Å²) >= 11 is 0. The lowest BCUT2D eigenvalue weighted by atomic mass is 10.7. The summed E-state index contributed by atoms with van der Waals surface area (Å²) in [7, 11) is -3.52. The summed E-state index contributed by atoms with van der Waals surface area (Å²) in [6, 6.07) is 1.42. The monoisotopic (exact) mass is 177 g/mol. The largest absolute Gasteiger partial charge is 0.382 e. The molecule has 0 aliphatic rings. The maximum Gasteiger partial charge on any atom is 0.325 e. The Morgan fingerprint density at radius 2 is 2.36 bits per heavy atom. The minimum Gasteiger partial charge on any atom is -0.382 e. The topological polar surface area (TPSA) is 87.2 Å². The minimum atomic E-state index is -3.52. The molecule has 1 aromatic rings. The molecular formula is C4H7N3O3S. The number of nitrogens with two attached hydrogens (primary N) is 1. The number of hydrogen-bond acceptors (Lipinski definition) is 5. The fraction of sp³-hybridized carbons (Fsp3) is 0.250. The third kappa shape index (κ3) is 2.46. The van der Waals surface area contributed by atoms with Crippen LogP contribution in [0.4, 0.5) is 5.82 Å². The second kappa shape index (κ2) is 2.42. The smallest absolute Gasteiger partial charge is 0.325 e. The van der Waals surface area contributed by atoms with Crippen LogP contribution in [0.1, 0.15) is 0 Å². The van der Waals surface area contributed by atoms with Gasteiger partial charge in [-0.05, 0) is 0 Å². The molecule has 0 spiro atoms. The number of anilines is 1. The summed E-state index contributed by atoms with van der Waals surface area (Å²) in [4.78, 5) is 0.782. The third-order valence-electron chi connectivity index (χ3n) is 0.799. The summed E-state index contributed by atoms with van der Waals surface area (Å²) < 4.78 is 25.3. The molecule has 0 amide bonds.